The maximum atomic E-state index is 14.3. The number of nitrogens with one attached hydrogen (secondary N) is 2. The number of imide groups is 1. The van der Waals surface area contributed by atoms with E-state index < -0.39 is 12.2 Å². The molecule has 2 atom stereocenters. The molecule has 2 aromatic rings. The quantitative estimate of drug-likeness (QED) is 0.885. The van der Waals surface area contributed by atoms with Gasteiger partial charge in [-0.05, 0) is 31.2 Å². The molecule has 0 aliphatic carbocycles. The third-order valence-corrected chi connectivity index (χ3v) is 4.82. The molecule has 3 amide bonds. The van der Waals surface area contributed by atoms with Crippen molar-refractivity contribution in [2.75, 3.05) is 24.5 Å². The summed E-state index contributed by atoms with van der Waals surface area (Å²) in [6, 6.07) is 6.99. The van der Waals surface area contributed by atoms with Crippen molar-refractivity contribution in [1.29, 1.82) is 0 Å². The van der Waals surface area contributed by atoms with Crippen LogP contribution in [-0.4, -0.2) is 42.3 Å². The molecule has 0 radical (unpaired) electrons. The highest BCUT2D eigenvalue weighted by atomic mass is 19.1. The van der Waals surface area contributed by atoms with Gasteiger partial charge >= 0.3 is 6.03 Å². The van der Waals surface area contributed by atoms with E-state index in [1.165, 1.54) is 0 Å². The molecule has 2 fully saturated rings. The second-order valence-electron chi connectivity index (χ2n) is 6.26. The molecule has 0 unspecified atom stereocenters. The summed E-state index contributed by atoms with van der Waals surface area (Å²) in [5, 5.41) is 6.30. The van der Waals surface area contributed by atoms with Crippen LogP contribution in [0.1, 0.15) is 18.9 Å². The first-order valence-corrected chi connectivity index (χ1v) is 8.21. The Kier molecular flexibility index (Phi) is 3.72. The van der Waals surface area contributed by atoms with Gasteiger partial charge in [0.1, 0.15) is 6.17 Å². The number of fused-ring (bicyclic) bond motifs is 1. The molecule has 2 aliphatic rings. The zero-order valence-corrected chi connectivity index (χ0v) is 13.2. The first-order valence-electron chi connectivity index (χ1n) is 8.21. The van der Waals surface area contributed by atoms with Gasteiger partial charge in [0.25, 0.3) is 0 Å². The smallest absolute Gasteiger partial charge is 0.328 e. The van der Waals surface area contributed by atoms with E-state index in [9.17, 15) is 14.0 Å². The number of benzene rings is 1. The van der Waals surface area contributed by atoms with Crippen LogP contribution >= 0.6 is 0 Å². The third kappa shape index (κ3) is 2.45. The number of amides is 3. The van der Waals surface area contributed by atoms with E-state index in [0.29, 0.717) is 13.1 Å². The monoisotopic (exact) mass is 330 g/mol. The predicted octanol–water partition coefficient (Wildman–Crippen LogP) is 1.96. The predicted molar refractivity (Wildman–Crippen MR) is 88.9 cm³/mol. The van der Waals surface area contributed by atoms with Gasteiger partial charge in [0, 0.05) is 31.1 Å². The topological polar surface area (TPSA) is 66.4 Å². The van der Waals surface area contributed by atoms with Crippen LogP contribution in [0.3, 0.4) is 0 Å². The van der Waals surface area contributed by atoms with Gasteiger partial charge in [-0.25, -0.2) is 9.18 Å². The molecule has 2 aliphatic heterocycles. The number of aromatic nitrogens is 1. The molecular weight excluding hydrogens is 311 g/mol. The highest BCUT2D eigenvalue weighted by Crippen LogP contribution is 2.33. The third-order valence-electron chi connectivity index (χ3n) is 4.82. The molecule has 0 saturated carbocycles. The fourth-order valence-corrected chi connectivity index (χ4v) is 3.61. The summed E-state index contributed by atoms with van der Waals surface area (Å²) < 4.78 is 16.3. The molecular formula is C17H19FN4O2. The number of hydrogen-bond donors (Lipinski definition) is 2. The maximum Gasteiger partial charge on any atom is 0.328 e. The normalized spacial score (nSPS) is 25.1. The van der Waals surface area contributed by atoms with E-state index in [0.717, 1.165) is 29.6 Å². The van der Waals surface area contributed by atoms with Gasteiger partial charge in [-0.15, -0.1) is 0 Å². The van der Waals surface area contributed by atoms with Crippen LogP contribution in [0.2, 0.25) is 0 Å². The Morgan fingerprint density at radius 2 is 2.08 bits per heavy atom. The molecule has 0 bridgehead atoms. The first kappa shape index (κ1) is 15.1. The summed E-state index contributed by atoms with van der Waals surface area (Å²) in [4.78, 5) is 25.1. The average Bonchev–Trinajstić information content (AvgIpc) is 2.99. The molecule has 2 saturated heterocycles. The van der Waals surface area contributed by atoms with Crippen molar-refractivity contribution in [3.8, 4) is 0 Å². The van der Waals surface area contributed by atoms with Crippen LogP contribution in [0, 0.1) is 0 Å². The van der Waals surface area contributed by atoms with Gasteiger partial charge in [-0.1, -0.05) is 6.07 Å². The van der Waals surface area contributed by atoms with E-state index in [1.807, 2.05) is 35.0 Å². The van der Waals surface area contributed by atoms with E-state index in [4.69, 9.17) is 0 Å². The van der Waals surface area contributed by atoms with E-state index in [1.54, 1.807) is 4.90 Å². The van der Waals surface area contributed by atoms with Crippen LogP contribution in [-0.2, 0) is 4.79 Å². The number of halogens is 1. The summed E-state index contributed by atoms with van der Waals surface area (Å²) in [5.74, 6) is -0.254. The molecule has 6 nitrogen and oxygen atoms in total. The number of anilines is 1. The standard InChI is InChI=1S/C17H19FN4O2/c18-12-10-19-7-4-15(12)21-8-5-11-13(21)2-1-3-14(11)22-9-6-16(23)20-17(22)24/h1-3,5,8,12,15,19H,4,6-7,9-10H2,(H,20,23,24)/t12-,15+/m0/s1. The van der Waals surface area contributed by atoms with Crippen LogP contribution in [0.5, 0.6) is 0 Å². The Balaban J connectivity index is 1.74. The van der Waals surface area contributed by atoms with E-state index in [2.05, 4.69) is 10.6 Å². The Morgan fingerprint density at radius 1 is 1.21 bits per heavy atom. The molecule has 1 aromatic carbocycles. The number of nitrogens with zero attached hydrogens (tertiary/aromatic N) is 2. The van der Waals surface area contributed by atoms with Crippen LogP contribution in [0.25, 0.3) is 10.9 Å². The minimum absolute atomic E-state index is 0.198. The van der Waals surface area contributed by atoms with E-state index in [-0.39, 0.29) is 18.4 Å². The molecule has 4 rings (SSSR count). The summed E-state index contributed by atoms with van der Waals surface area (Å²) in [5.41, 5.74) is 1.66. The number of carbonyl (C=O) groups is 2. The SMILES string of the molecule is O=C1CCN(c2cccc3c2ccn3[C@@H]2CCNC[C@@H]2F)C(=O)N1. The molecule has 2 N–H and O–H groups in total. The Morgan fingerprint density at radius 3 is 2.88 bits per heavy atom. The summed E-state index contributed by atoms with van der Waals surface area (Å²) in [6.45, 7) is 1.51. The summed E-state index contributed by atoms with van der Waals surface area (Å²) in [7, 11) is 0. The average molecular weight is 330 g/mol. The molecule has 3 heterocycles. The summed E-state index contributed by atoms with van der Waals surface area (Å²) >= 11 is 0. The Labute approximate surface area is 138 Å². The van der Waals surface area contributed by atoms with Crippen molar-refractivity contribution in [3.63, 3.8) is 0 Å². The van der Waals surface area contributed by atoms with Crippen molar-refractivity contribution in [2.45, 2.75) is 25.1 Å². The molecule has 126 valence electrons. The minimum atomic E-state index is -0.936. The molecule has 24 heavy (non-hydrogen) atoms. The lowest BCUT2D eigenvalue weighted by molar-refractivity contribution is -0.120. The molecule has 0 spiro atoms. The van der Waals surface area contributed by atoms with Crippen molar-refractivity contribution in [1.82, 2.24) is 15.2 Å². The zero-order valence-electron chi connectivity index (χ0n) is 13.2. The van der Waals surface area contributed by atoms with Crippen molar-refractivity contribution >= 4 is 28.5 Å². The number of alkyl halides is 1. The van der Waals surface area contributed by atoms with Crippen LogP contribution in [0.4, 0.5) is 14.9 Å². The molecule has 1 aromatic heterocycles. The fraction of sp³-hybridized carbons (Fsp3) is 0.412. The highest BCUT2D eigenvalue weighted by Gasteiger charge is 2.29. The lowest BCUT2D eigenvalue weighted by Gasteiger charge is -2.29. The minimum Gasteiger partial charge on any atom is -0.341 e. The maximum absolute atomic E-state index is 14.3. The lowest BCUT2D eigenvalue weighted by Crippen LogP contribution is -2.49. The van der Waals surface area contributed by atoms with Gasteiger partial charge in [0.15, 0.2) is 0 Å². The van der Waals surface area contributed by atoms with Gasteiger partial charge < -0.3 is 9.88 Å². The second kappa shape index (κ2) is 5.90. The van der Waals surface area contributed by atoms with Gasteiger partial charge in [-0.2, -0.15) is 0 Å². The number of hydrogen-bond acceptors (Lipinski definition) is 3. The van der Waals surface area contributed by atoms with Crippen LogP contribution < -0.4 is 15.5 Å². The zero-order chi connectivity index (χ0) is 16.7. The Hall–Kier alpha value is -2.41. The number of piperidine rings is 1. The summed E-state index contributed by atoms with van der Waals surface area (Å²) in [6.07, 6.45) is 1.97. The van der Waals surface area contributed by atoms with Crippen molar-refractivity contribution in [3.05, 3.63) is 30.5 Å². The van der Waals surface area contributed by atoms with E-state index >= 15 is 0 Å². The largest absolute Gasteiger partial charge is 0.341 e. The molecule has 7 heteroatoms. The number of rotatable bonds is 2. The van der Waals surface area contributed by atoms with Crippen LogP contribution in [0.15, 0.2) is 30.5 Å². The first-order chi connectivity index (χ1) is 11.6. The van der Waals surface area contributed by atoms with Gasteiger partial charge in [0.05, 0.1) is 17.2 Å². The second-order valence-corrected chi connectivity index (χ2v) is 6.26. The fourth-order valence-electron chi connectivity index (χ4n) is 3.61. The van der Waals surface area contributed by atoms with Crippen molar-refractivity contribution in [2.24, 2.45) is 0 Å². The van der Waals surface area contributed by atoms with Gasteiger partial charge in [0.2, 0.25) is 5.91 Å². The Bertz CT molecular complexity index is 803. The number of urea groups is 1. The number of carbonyl (C=O) groups excluding carboxylic acids is 2. The lowest BCUT2D eigenvalue weighted by atomic mass is 10.0. The van der Waals surface area contributed by atoms with Gasteiger partial charge in [-0.3, -0.25) is 15.0 Å². The highest BCUT2D eigenvalue weighted by molar-refractivity contribution is 6.09. The van der Waals surface area contributed by atoms with Crippen molar-refractivity contribution < 1.29 is 14.0 Å².